The van der Waals surface area contributed by atoms with Crippen LogP contribution in [0.4, 0.5) is 5.69 Å². The molecule has 0 spiro atoms. The number of nitrogens with two attached hydrogens (primary N) is 1. The normalized spacial score (nSPS) is 11.1. The Morgan fingerprint density at radius 1 is 1.39 bits per heavy atom. The molecule has 0 radical (unpaired) electrons. The zero-order valence-electron chi connectivity index (χ0n) is 9.46. The van der Waals surface area contributed by atoms with Crippen LogP contribution in [-0.4, -0.2) is 25.9 Å². The topological polar surface area (TPSA) is 80.5 Å². The number of H-pyrrole nitrogens is 1. The molecule has 0 unspecified atom stereocenters. The number of fused-ring (bicyclic) bond motifs is 1. The predicted molar refractivity (Wildman–Crippen MR) is 74.8 cm³/mol. The van der Waals surface area contributed by atoms with Crippen LogP contribution in [0.25, 0.3) is 11.0 Å². The lowest BCUT2D eigenvalue weighted by Crippen LogP contribution is -1.90. The third kappa shape index (κ3) is 2.46. The Labute approximate surface area is 112 Å². The number of anilines is 1. The van der Waals surface area contributed by atoms with Crippen molar-refractivity contribution in [2.75, 3.05) is 11.5 Å². The molecule has 0 saturated heterocycles. The number of aromatic amines is 1. The van der Waals surface area contributed by atoms with Crippen molar-refractivity contribution in [3.8, 4) is 0 Å². The van der Waals surface area contributed by atoms with E-state index in [-0.39, 0.29) is 0 Å². The van der Waals surface area contributed by atoms with E-state index < -0.39 is 0 Å². The van der Waals surface area contributed by atoms with Gasteiger partial charge in [0.1, 0.15) is 11.3 Å². The zero-order chi connectivity index (χ0) is 12.4. The Morgan fingerprint density at radius 3 is 3.17 bits per heavy atom. The second kappa shape index (κ2) is 4.95. The first-order valence-corrected chi connectivity index (χ1v) is 7.31. The number of nitrogen functional groups attached to an aromatic ring is 1. The lowest BCUT2D eigenvalue weighted by Gasteiger charge is -1.93. The smallest absolute Gasteiger partial charge is 0.174 e. The van der Waals surface area contributed by atoms with Crippen molar-refractivity contribution in [1.82, 2.24) is 20.2 Å². The van der Waals surface area contributed by atoms with Gasteiger partial charge in [0.05, 0.1) is 11.0 Å². The quantitative estimate of drug-likeness (QED) is 0.565. The van der Waals surface area contributed by atoms with E-state index in [1.807, 2.05) is 18.2 Å². The third-order valence-electron chi connectivity index (χ3n) is 2.46. The Morgan fingerprint density at radius 2 is 2.33 bits per heavy atom. The number of aromatic nitrogens is 4. The lowest BCUT2D eigenvalue weighted by atomic mass is 10.3. The molecule has 0 bridgehead atoms. The lowest BCUT2D eigenvalue weighted by molar-refractivity contribution is 0.992. The molecular weight excluding hydrogens is 266 g/mol. The van der Waals surface area contributed by atoms with Gasteiger partial charge >= 0.3 is 0 Å². The van der Waals surface area contributed by atoms with Crippen LogP contribution in [0.5, 0.6) is 0 Å². The summed E-state index contributed by atoms with van der Waals surface area (Å²) in [5.41, 5.74) is 10.2. The van der Waals surface area contributed by atoms with Crippen molar-refractivity contribution in [2.45, 2.75) is 10.8 Å². The molecule has 0 aliphatic heterocycles. The summed E-state index contributed by atoms with van der Waals surface area (Å²) in [4.78, 5) is 7.80. The molecule has 2 aromatic heterocycles. The second-order valence-electron chi connectivity index (χ2n) is 3.76. The van der Waals surface area contributed by atoms with Gasteiger partial charge in [-0.2, -0.15) is 0 Å². The van der Waals surface area contributed by atoms with Crippen molar-refractivity contribution < 1.29 is 0 Å². The number of benzene rings is 1. The van der Waals surface area contributed by atoms with Gasteiger partial charge in [0.2, 0.25) is 0 Å². The Hall–Kier alpha value is -1.60. The van der Waals surface area contributed by atoms with E-state index in [0.29, 0.717) is 0 Å². The van der Waals surface area contributed by atoms with Crippen LogP contribution in [0.15, 0.2) is 28.0 Å². The first-order valence-electron chi connectivity index (χ1n) is 5.44. The van der Waals surface area contributed by atoms with Crippen molar-refractivity contribution >= 4 is 39.8 Å². The maximum absolute atomic E-state index is 5.73. The fourth-order valence-corrected chi connectivity index (χ4v) is 3.16. The minimum absolute atomic E-state index is 0.751. The molecule has 0 fully saturated rings. The van der Waals surface area contributed by atoms with Crippen LogP contribution in [0.1, 0.15) is 5.82 Å². The zero-order valence-corrected chi connectivity index (χ0v) is 11.1. The summed E-state index contributed by atoms with van der Waals surface area (Å²) in [5, 5.41) is 7.79. The maximum Gasteiger partial charge on any atom is 0.174 e. The van der Waals surface area contributed by atoms with Gasteiger partial charge in [-0.05, 0) is 18.2 Å². The minimum Gasteiger partial charge on any atom is -0.399 e. The highest BCUT2D eigenvalue weighted by Gasteiger charge is 2.04. The van der Waals surface area contributed by atoms with E-state index in [4.69, 9.17) is 5.73 Å². The highest BCUT2D eigenvalue weighted by Crippen LogP contribution is 2.20. The van der Waals surface area contributed by atoms with Crippen molar-refractivity contribution in [2.24, 2.45) is 0 Å². The first-order chi connectivity index (χ1) is 8.81. The van der Waals surface area contributed by atoms with Gasteiger partial charge < -0.3 is 10.7 Å². The predicted octanol–water partition coefficient (Wildman–Crippen LogP) is 2.33. The van der Waals surface area contributed by atoms with Crippen LogP contribution in [0, 0.1) is 0 Å². The fourth-order valence-electron chi connectivity index (χ4n) is 1.66. The molecule has 7 heteroatoms. The minimum atomic E-state index is 0.751. The van der Waals surface area contributed by atoms with Crippen molar-refractivity contribution in [1.29, 1.82) is 0 Å². The average Bonchev–Trinajstić information content (AvgIpc) is 2.97. The standard InChI is InChI=1S/C11H11N5S2/c12-7-1-2-8-9(5-7)15-10(14-8)3-4-17-11-16-13-6-18-11/h1-2,5-6H,3-4,12H2,(H,14,15). The molecule has 0 amide bonds. The number of aryl methyl sites for hydroxylation is 1. The summed E-state index contributed by atoms with van der Waals surface area (Å²) in [6, 6.07) is 5.70. The molecule has 3 rings (SSSR count). The molecule has 3 N–H and O–H groups in total. The Kier molecular flexibility index (Phi) is 3.16. The van der Waals surface area contributed by atoms with Gasteiger partial charge in [-0.1, -0.05) is 23.1 Å². The summed E-state index contributed by atoms with van der Waals surface area (Å²) >= 11 is 3.25. The van der Waals surface area contributed by atoms with Gasteiger partial charge in [0, 0.05) is 17.9 Å². The molecule has 0 atom stereocenters. The molecule has 1 aromatic carbocycles. The number of imidazole rings is 1. The Balaban J connectivity index is 1.67. The Bertz CT molecular complexity index is 647. The molecule has 18 heavy (non-hydrogen) atoms. The summed E-state index contributed by atoms with van der Waals surface area (Å²) in [6.45, 7) is 0. The van der Waals surface area contributed by atoms with Gasteiger partial charge in [0.25, 0.3) is 0 Å². The van der Waals surface area contributed by atoms with Crippen LogP contribution < -0.4 is 5.73 Å². The summed E-state index contributed by atoms with van der Waals surface area (Å²) in [7, 11) is 0. The number of hydrogen-bond acceptors (Lipinski definition) is 6. The summed E-state index contributed by atoms with van der Waals surface area (Å²) < 4.78 is 0.996. The molecule has 92 valence electrons. The van der Waals surface area contributed by atoms with Crippen LogP contribution in [0.2, 0.25) is 0 Å². The van der Waals surface area contributed by atoms with Crippen LogP contribution >= 0.6 is 23.1 Å². The second-order valence-corrected chi connectivity index (χ2v) is 5.94. The third-order valence-corrected chi connectivity index (χ3v) is 4.32. The van der Waals surface area contributed by atoms with Gasteiger partial charge in [-0.15, -0.1) is 10.2 Å². The van der Waals surface area contributed by atoms with E-state index in [9.17, 15) is 0 Å². The monoisotopic (exact) mass is 277 g/mol. The van der Waals surface area contributed by atoms with Gasteiger partial charge in [0.15, 0.2) is 4.34 Å². The van der Waals surface area contributed by atoms with E-state index in [1.54, 1.807) is 28.6 Å². The van der Waals surface area contributed by atoms with E-state index in [0.717, 1.165) is 39.1 Å². The molecule has 0 aliphatic carbocycles. The van der Waals surface area contributed by atoms with E-state index in [2.05, 4.69) is 20.2 Å². The highest BCUT2D eigenvalue weighted by molar-refractivity contribution is 8.00. The number of nitrogens with one attached hydrogen (secondary N) is 1. The van der Waals surface area contributed by atoms with Crippen molar-refractivity contribution in [3.05, 3.63) is 29.5 Å². The highest BCUT2D eigenvalue weighted by atomic mass is 32.2. The molecule has 2 heterocycles. The largest absolute Gasteiger partial charge is 0.399 e. The van der Waals surface area contributed by atoms with E-state index in [1.165, 1.54) is 0 Å². The number of rotatable bonds is 4. The fraction of sp³-hybridized carbons (Fsp3) is 0.182. The van der Waals surface area contributed by atoms with Gasteiger partial charge in [-0.3, -0.25) is 0 Å². The molecular formula is C11H11N5S2. The SMILES string of the molecule is Nc1ccc2nc(CCSc3nncs3)[nH]c2c1. The van der Waals surface area contributed by atoms with Crippen molar-refractivity contribution in [3.63, 3.8) is 0 Å². The number of thioether (sulfide) groups is 1. The van der Waals surface area contributed by atoms with Gasteiger partial charge in [-0.25, -0.2) is 4.98 Å². The first kappa shape index (κ1) is 11.5. The van der Waals surface area contributed by atoms with E-state index >= 15 is 0 Å². The summed E-state index contributed by atoms with van der Waals surface area (Å²) in [5.74, 6) is 1.91. The van der Waals surface area contributed by atoms with Crippen LogP contribution in [0.3, 0.4) is 0 Å². The number of hydrogen-bond donors (Lipinski definition) is 2. The van der Waals surface area contributed by atoms with Crippen LogP contribution in [-0.2, 0) is 6.42 Å². The average molecular weight is 277 g/mol. The molecule has 5 nitrogen and oxygen atoms in total. The molecule has 3 aromatic rings. The molecule has 0 saturated carbocycles. The summed E-state index contributed by atoms with van der Waals surface area (Å²) in [6.07, 6.45) is 0.874. The molecule has 0 aliphatic rings. The number of nitrogens with zero attached hydrogens (tertiary/aromatic N) is 3. The maximum atomic E-state index is 5.73.